The van der Waals surface area contributed by atoms with Crippen molar-refractivity contribution in [1.29, 1.82) is 0 Å². The van der Waals surface area contributed by atoms with E-state index in [4.69, 9.17) is 0 Å². The minimum absolute atomic E-state index is 0.00926. The first-order valence-corrected chi connectivity index (χ1v) is 54.8. The average Bonchev–Trinajstić information content (AvgIpc) is 0.821. The number of Topliss-reactive ketones (excluding diaryl/α,β-unsaturated/α-hetero) is 3. The third kappa shape index (κ3) is 72.2. The van der Waals surface area contributed by atoms with Gasteiger partial charge in [-0.25, -0.2) is 0 Å². The Labute approximate surface area is 830 Å². The van der Waals surface area contributed by atoms with E-state index in [9.17, 15) is 48.9 Å². The summed E-state index contributed by atoms with van der Waals surface area (Å²) in [7, 11) is 9.85. The van der Waals surface area contributed by atoms with Crippen LogP contribution in [0.1, 0.15) is 267 Å². The van der Waals surface area contributed by atoms with Crippen LogP contribution in [-0.4, -0.2) is 155 Å². The molecule has 134 heavy (non-hydrogen) atoms. The molecule has 736 valence electrons. The second-order valence-electron chi connectivity index (χ2n) is 32.8. The molecule has 0 unspecified atom stereocenters. The highest BCUT2D eigenvalue weighted by Gasteiger charge is 2.35. The van der Waals surface area contributed by atoms with E-state index < -0.39 is 16.7 Å². The zero-order valence-corrected chi connectivity index (χ0v) is 86.7. The number of aldehydes is 1. The largest absolute Gasteiger partial charge is 0.396 e. The third-order valence-corrected chi connectivity index (χ3v) is 30.5. The number of aliphatic hydroxyl groups excluding tert-OH is 3. The number of nitrogens with one attached hydrogen (secondary N) is 4. The van der Waals surface area contributed by atoms with Crippen LogP contribution in [0.25, 0.3) is 0 Å². The maximum absolute atomic E-state index is 13.0. The van der Waals surface area contributed by atoms with Gasteiger partial charge in [0.2, 0.25) is 17.7 Å². The SMILES string of the molecule is CC/C=C\C/C=C\C/C=C\C/C=C\C/C=C\C/C=C\CCC(=O)NCCSSC(C)(C)[C@@H](C=O)CC(=O)c1cccnc1.CC/C=C\C/C=C\C/C=C\C/C=C\C/C=C\C/C=C\CCC(=O)NCCSSC(C)(C)[C@@H](CNC(CO)CO)CC(=O)c1cccnc1.CC/C=C\C/C=C\C/C=C\C/C=C\C/C=C\C/C=C\CCC(=O)NCCSSC(C)(C)[C@@H](CO)CC(=O)c1cccnc1. The van der Waals surface area contributed by atoms with Gasteiger partial charge in [-0.2, -0.15) is 0 Å². The normalized spacial score (nSPS) is 13.4. The summed E-state index contributed by atoms with van der Waals surface area (Å²) in [6, 6.07) is 10.0. The topological polar surface area (TPSA) is 267 Å². The monoisotopic (exact) mass is 1940 g/mol. The maximum atomic E-state index is 13.0. The van der Waals surface area contributed by atoms with Gasteiger partial charge >= 0.3 is 0 Å². The lowest BCUT2D eigenvalue weighted by atomic mass is 9.88. The van der Waals surface area contributed by atoms with Gasteiger partial charge in [0.05, 0.1) is 19.3 Å². The van der Waals surface area contributed by atoms with Crippen molar-refractivity contribution in [2.24, 2.45) is 17.8 Å². The Bertz CT molecular complexity index is 4140. The number of nitrogens with zero attached hydrogens (tertiary/aromatic N) is 3. The predicted octanol–water partition coefficient (Wildman–Crippen LogP) is 26.2. The second-order valence-corrected chi connectivity index (χ2v) is 42.0. The number of pyridine rings is 3. The molecule has 0 aromatic carbocycles. The average molecular weight is 1950 g/mol. The van der Waals surface area contributed by atoms with E-state index in [0.29, 0.717) is 75.0 Å². The number of carbonyl (C=O) groups excluding carboxylic acids is 7. The summed E-state index contributed by atoms with van der Waals surface area (Å²) in [5.74, 6) is 1.65. The van der Waals surface area contributed by atoms with Gasteiger partial charge in [-0.3, -0.25) is 43.7 Å². The molecular weight excluding hydrogens is 1780 g/mol. The van der Waals surface area contributed by atoms with Crippen molar-refractivity contribution in [3.8, 4) is 0 Å². The molecule has 0 radical (unpaired) electrons. The minimum atomic E-state index is -0.433. The summed E-state index contributed by atoms with van der Waals surface area (Å²) in [4.78, 5) is 98.3. The summed E-state index contributed by atoms with van der Waals surface area (Å²) in [5.41, 5.74) is 1.67. The molecular formula is C111H161N7O10S6. The molecule has 7 N–H and O–H groups in total. The minimum Gasteiger partial charge on any atom is -0.396 e. The number of ketones is 3. The highest BCUT2D eigenvalue weighted by molar-refractivity contribution is 8.77. The molecule has 0 aliphatic rings. The van der Waals surface area contributed by atoms with Gasteiger partial charge in [-0.15, -0.1) is 0 Å². The lowest BCUT2D eigenvalue weighted by molar-refractivity contribution is -0.121. The number of aromatic nitrogens is 3. The second kappa shape index (κ2) is 87.6. The molecule has 0 aliphatic carbocycles. The molecule has 0 saturated carbocycles. The van der Waals surface area contributed by atoms with Crippen LogP contribution in [0, 0.1) is 17.8 Å². The fourth-order valence-corrected chi connectivity index (χ4v) is 19.9. The van der Waals surface area contributed by atoms with Crippen molar-refractivity contribution in [2.45, 2.75) is 256 Å². The molecule has 0 bridgehead atoms. The first kappa shape index (κ1) is 124. The van der Waals surface area contributed by atoms with E-state index in [1.54, 1.807) is 132 Å². The zero-order valence-electron chi connectivity index (χ0n) is 81.8. The van der Waals surface area contributed by atoms with E-state index in [0.717, 1.165) is 152 Å². The summed E-state index contributed by atoms with van der Waals surface area (Å²) in [6.45, 7) is 20.5. The van der Waals surface area contributed by atoms with Gasteiger partial charge in [0.1, 0.15) is 6.29 Å². The molecule has 17 nitrogen and oxygen atoms in total. The number of amides is 3. The number of rotatable bonds is 76. The van der Waals surface area contributed by atoms with Crippen molar-refractivity contribution < 1.29 is 48.9 Å². The first-order chi connectivity index (χ1) is 65.1. The first-order valence-electron chi connectivity index (χ1n) is 47.9. The fourth-order valence-electron chi connectivity index (χ4n) is 11.9. The summed E-state index contributed by atoms with van der Waals surface area (Å²) >= 11 is 0. The Morgan fingerprint density at radius 1 is 0.336 bits per heavy atom. The quantitative estimate of drug-likeness (QED) is 0.00910. The molecule has 3 atom stereocenters. The smallest absolute Gasteiger partial charge is 0.220 e. The van der Waals surface area contributed by atoms with Crippen LogP contribution in [0.4, 0.5) is 0 Å². The van der Waals surface area contributed by atoms with Gasteiger partial charge in [-0.05, 0) is 219 Å². The van der Waals surface area contributed by atoms with Crippen LogP contribution in [0.5, 0.6) is 0 Å². The zero-order chi connectivity index (χ0) is 98.0. The molecule has 0 saturated heterocycles. The summed E-state index contributed by atoms with van der Waals surface area (Å²) in [5, 5.41) is 41.0. The number of hydrogen-bond acceptors (Lipinski definition) is 20. The third-order valence-electron chi connectivity index (χ3n) is 20.3. The van der Waals surface area contributed by atoms with Crippen LogP contribution in [0.15, 0.2) is 292 Å². The van der Waals surface area contributed by atoms with Gasteiger partial charge in [0.15, 0.2) is 17.3 Å². The van der Waals surface area contributed by atoms with E-state index in [-0.39, 0.29) is 89.1 Å². The van der Waals surface area contributed by atoms with Crippen LogP contribution in [0.2, 0.25) is 0 Å². The van der Waals surface area contributed by atoms with Gasteiger partial charge in [0, 0.05) is 169 Å². The van der Waals surface area contributed by atoms with Crippen molar-refractivity contribution in [3.05, 3.63) is 309 Å². The molecule has 3 heterocycles. The lowest BCUT2D eigenvalue weighted by Crippen LogP contribution is -2.44. The van der Waals surface area contributed by atoms with E-state index in [1.807, 2.05) is 27.7 Å². The van der Waals surface area contributed by atoms with Crippen LogP contribution < -0.4 is 21.3 Å². The Morgan fingerprint density at radius 3 is 0.828 bits per heavy atom. The molecule has 0 fully saturated rings. The van der Waals surface area contributed by atoms with Crippen molar-refractivity contribution in [3.63, 3.8) is 0 Å². The van der Waals surface area contributed by atoms with Crippen LogP contribution in [-0.2, 0) is 19.2 Å². The molecule has 3 aromatic rings. The number of allylic oxidation sites excluding steroid dienone is 36. The van der Waals surface area contributed by atoms with E-state index in [1.165, 1.54) is 6.20 Å². The van der Waals surface area contributed by atoms with E-state index >= 15 is 0 Å². The van der Waals surface area contributed by atoms with Crippen molar-refractivity contribution in [2.75, 3.05) is 63.3 Å². The fraction of sp³-hybridized carbons (Fsp3) is 0.477. The molecule has 3 aromatic heterocycles. The molecule has 23 heteroatoms. The maximum Gasteiger partial charge on any atom is 0.220 e. The Hall–Kier alpha value is -8.20. The molecule has 0 spiro atoms. The molecule has 0 aliphatic heterocycles. The van der Waals surface area contributed by atoms with Crippen molar-refractivity contribution >= 4 is 106 Å². The van der Waals surface area contributed by atoms with Crippen LogP contribution >= 0.6 is 64.8 Å². The lowest BCUT2D eigenvalue weighted by Gasteiger charge is -2.34. The van der Waals surface area contributed by atoms with Crippen LogP contribution in [0.3, 0.4) is 0 Å². The van der Waals surface area contributed by atoms with Gasteiger partial charge in [-0.1, -0.05) is 304 Å². The standard InChI is InChI=1S/C39H59N3O4S2.C36H52N2O3S2.C36H50N2O3S2/c1-4-5-6-7-8-9-10-11-12-13-14-15-16-17-18-19-20-21-22-25-38(46)41-27-28-47-48-39(2,3)35(31-42-36(32-43)33-44)29-37(45)34-24-23-26-40-30-34;2*1-4-5-6-7-8-9-10-11-12-13-14-15-16-17-18-19-20-21-22-25-35(41)38-27-28-42-43-36(2,3)33(31-39)29-34(40)32-24-23-26-37-30-32/h5-6,8-9,11-12,14-15,17-18,20-21,23-24,26,30,35-36,42-44H,4,7,10,13,16,19,22,25,27-29,31-33H2,1-3H3,(H,41,46);5-6,8-9,11-12,14-15,17-18,20-21,23-24,26,30,33,39H,4,7,10,13,16,19,22,25,27-29,31H2,1-3H3,(H,38,41);5-6,8-9,11-12,14-15,17-18,20-21,23-24,26,30-31,33H,4,7,10,13,16,19,22,25,27-29H2,1-3H3,(H,38,41)/b3*6-5-,9-8-,12-11-,15-14-,18-17-,21-20-/t35-;2*33-/m111/s1. The summed E-state index contributed by atoms with van der Waals surface area (Å²) in [6.07, 6.45) is 111. The van der Waals surface area contributed by atoms with Crippen molar-refractivity contribution in [1.82, 2.24) is 36.2 Å². The molecule has 3 rings (SSSR count). The highest BCUT2D eigenvalue weighted by atomic mass is 33.1. The number of aliphatic hydroxyl groups is 3. The Morgan fingerprint density at radius 2 is 0.582 bits per heavy atom. The highest BCUT2D eigenvalue weighted by Crippen LogP contribution is 2.44. The van der Waals surface area contributed by atoms with Gasteiger partial charge < -0.3 is 41.4 Å². The number of carbonyl (C=O) groups is 7. The molecule has 3 amide bonds. The van der Waals surface area contributed by atoms with E-state index in [2.05, 4.69) is 290 Å². The Kier molecular flexibility index (Phi) is 80.9. The Balaban J connectivity index is 0.00000101. The summed E-state index contributed by atoms with van der Waals surface area (Å²) < 4.78 is -0.993. The predicted molar refractivity (Wildman–Crippen MR) is 583 cm³/mol. The number of hydrogen-bond donors (Lipinski definition) is 7. The van der Waals surface area contributed by atoms with Gasteiger partial charge in [0.25, 0.3) is 0 Å².